The zero-order valence-electron chi connectivity index (χ0n) is 16.3. The Morgan fingerprint density at radius 1 is 1.19 bits per heavy atom. The number of rotatable bonds is 5. The summed E-state index contributed by atoms with van der Waals surface area (Å²) in [5, 5.41) is 8.89. The molecule has 0 saturated carbocycles. The summed E-state index contributed by atoms with van der Waals surface area (Å²) in [6.07, 6.45) is 8.28. The first kappa shape index (κ1) is 18.2. The highest BCUT2D eigenvalue weighted by Gasteiger charge is 2.29. The first-order chi connectivity index (χ1) is 13.1. The fraction of sp³-hybridized carbons (Fsp3) is 0.684. The number of carbonyl (C=O) groups is 1. The predicted octanol–water partition coefficient (Wildman–Crippen LogP) is 1.17. The molecule has 2 aliphatic heterocycles. The van der Waals surface area contributed by atoms with Gasteiger partial charge >= 0.3 is 0 Å². The Labute approximate surface area is 160 Å². The molecule has 4 heterocycles. The van der Waals surface area contributed by atoms with Crippen LogP contribution in [0.25, 0.3) is 0 Å². The minimum absolute atomic E-state index is 0.261. The van der Waals surface area contributed by atoms with Crippen LogP contribution in [-0.4, -0.2) is 72.7 Å². The van der Waals surface area contributed by atoms with Gasteiger partial charge in [0, 0.05) is 38.4 Å². The van der Waals surface area contributed by atoms with Crippen LogP contribution in [0.4, 0.5) is 0 Å². The van der Waals surface area contributed by atoms with Crippen LogP contribution >= 0.6 is 0 Å². The van der Waals surface area contributed by atoms with Crippen molar-refractivity contribution >= 4 is 5.91 Å². The van der Waals surface area contributed by atoms with E-state index < -0.39 is 0 Å². The Balaban J connectivity index is 1.42. The third kappa shape index (κ3) is 3.90. The maximum Gasteiger partial charge on any atom is 0.236 e. The normalized spacial score (nSPS) is 21.1. The maximum atomic E-state index is 12.7. The lowest BCUT2D eigenvalue weighted by Crippen LogP contribution is -2.44. The zero-order valence-corrected chi connectivity index (χ0v) is 16.3. The molecule has 1 atom stereocenters. The summed E-state index contributed by atoms with van der Waals surface area (Å²) in [6, 6.07) is 0. The average Bonchev–Trinajstić information content (AvgIpc) is 3.40. The van der Waals surface area contributed by atoms with E-state index in [1.165, 1.54) is 12.8 Å². The summed E-state index contributed by atoms with van der Waals surface area (Å²) < 4.78 is 4.17. The summed E-state index contributed by atoms with van der Waals surface area (Å²) in [6.45, 7) is 6.95. The lowest BCUT2D eigenvalue weighted by Gasteiger charge is -2.33. The van der Waals surface area contributed by atoms with E-state index in [1.807, 2.05) is 25.1 Å². The molecule has 0 radical (unpaired) electrons. The molecule has 2 fully saturated rings. The Bertz CT molecular complexity index is 790. The number of hydrogen-bond donors (Lipinski definition) is 0. The molecule has 1 amide bonds. The lowest BCUT2D eigenvalue weighted by atomic mass is 9.97. The molecule has 4 rings (SSSR count). The monoisotopic (exact) mass is 371 g/mol. The quantitative estimate of drug-likeness (QED) is 0.789. The largest absolute Gasteiger partial charge is 0.341 e. The molecule has 0 N–H and O–H groups in total. The molecule has 146 valence electrons. The second kappa shape index (κ2) is 7.80. The zero-order chi connectivity index (χ0) is 18.8. The van der Waals surface area contributed by atoms with Crippen LogP contribution in [0.15, 0.2) is 12.4 Å². The van der Waals surface area contributed by atoms with Gasteiger partial charge in [0.25, 0.3) is 0 Å². The molecule has 2 aromatic rings. The van der Waals surface area contributed by atoms with Gasteiger partial charge in [0.1, 0.15) is 11.6 Å². The van der Waals surface area contributed by atoms with Crippen molar-refractivity contribution in [3.05, 3.63) is 29.9 Å². The van der Waals surface area contributed by atoms with E-state index in [0.29, 0.717) is 13.1 Å². The molecule has 8 heteroatoms. The van der Waals surface area contributed by atoms with Crippen molar-refractivity contribution < 1.29 is 4.79 Å². The van der Waals surface area contributed by atoms with Crippen molar-refractivity contribution in [1.82, 2.24) is 34.1 Å². The van der Waals surface area contributed by atoms with Crippen molar-refractivity contribution in [1.29, 1.82) is 0 Å². The van der Waals surface area contributed by atoms with Gasteiger partial charge < -0.3 is 14.0 Å². The minimum atomic E-state index is 0.261. The average molecular weight is 371 g/mol. The van der Waals surface area contributed by atoms with E-state index in [0.717, 1.165) is 56.5 Å². The number of aromatic nitrogens is 5. The third-order valence-electron chi connectivity index (χ3n) is 5.93. The minimum Gasteiger partial charge on any atom is -0.341 e. The van der Waals surface area contributed by atoms with Crippen LogP contribution in [0.2, 0.25) is 0 Å². The fourth-order valence-corrected chi connectivity index (χ4v) is 4.24. The molecule has 2 saturated heterocycles. The Kier molecular flexibility index (Phi) is 5.24. The van der Waals surface area contributed by atoms with Gasteiger partial charge in [0.05, 0.1) is 13.1 Å². The Morgan fingerprint density at radius 3 is 2.74 bits per heavy atom. The Morgan fingerprint density at radius 2 is 2.00 bits per heavy atom. The number of nitrogens with zero attached hydrogens (tertiary/aromatic N) is 7. The first-order valence-electron chi connectivity index (χ1n) is 9.98. The fourth-order valence-electron chi connectivity index (χ4n) is 4.24. The molecule has 27 heavy (non-hydrogen) atoms. The van der Waals surface area contributed by atoms with Gasteiger partial charge in [-0.05, 0) is 45.7 Å². The molecule has 0 unspecified atom stereocenters. The third-order valence-corrected chi connectivity index (χ3v) is 5.93. The topological polar surface area (TPSA) is 72.1 Å². The van der Waals surface area contributed by atoms with Gasteiger partial charge in [0.2, 0.25) is 5.91 Å². The highest BCUT2D eigenvalue weighted by atomic mass is 16.2. The van der Waals surface area contributed by atoms with E-state index in [2.05, 4.69) is 29.2 Å². The maximum absolute atomic E-state index is 12.7. The van der Waals surface area contributed by atoms with E-state index >= 15 is 0 Å². The van der Waals surface area contributed by atoms with Gasteiger partial charge in [-0.1, -0.05) is 0 Å². The molecule has 2 aromatic heterocycles. The summed E-state index contributed by atoms with van der Waals surface area (Å²) in [7, 11) is 2.03. The number of aryl methyl sites for hydroxylation is 1. The van der Waals surface area contributed by atoms with E-state index in [1.54, 1.807) is 6.20 Å². The lowest BCUT2D eigenvalue weighted by molar-refractivity contribution is -0.133. The predicted molar refractivity (Wildman–Crippen MR) is 101 cm³/mol. The van der Waals surface area contributed by atoms with Gasteiger partial charge in [-0.3, -0.25) is 9.69 Å². The van der Waals surface area contributed by atoms with Crippen LogP contribution in [0.5, 0.6) is 0 Å². The van der Waals surface area contributed by atoms with Crippen molar-refractivity contribution in [2.24, 2.45) is 7.05 Å². The highest BCUT2D eigenvalue weighted by Crippen LogP contribution is 2.26. The standard InChI is InChI=1S/C19H29N7O/c1-15-20-7-11-25(15)13-17-21-22-19(23(17)2)16-6-5-10-26(12-16)18(27)14-24-8-3-4-9-24/h7,11,16H,3-6,8-10,12-14H2,1-2H3/t16-/m1/s1. The van der Waals surface area contributed by atoms with Gasteiger partial charge in [0.15, 0.2) is 5.82 Å². The number of imidazole rings is 1. The van der Waals surface area contributed by atoms with Crippen molar-refractivity contribution in [3.8, 4) is 0 Å². The second-order valence-electron chi connectivity index (χ2n) is 7.80. The number of likely N-dealkylation sites (tertiary alicyclic amines) is 2. The van der Waals surface area contributed by atoms with Crippen LogP contribution < -0.4 is 0 Å². The summed E-state index contributed by atoms with van der Waals surface area (Å²) in [5.41, 5.74) is 0. The molecule has 2 aliphatic rings. The number of amides is 1. The first-order valence-corrected chi connectivity index (χ1v) is 9.98. The van der Waals surface area contributed by atoms with Crippen LogP contribution in [0.1, 0.15) is 49.1 Å². The number of carbonyl (C=O) groups excluding carboxylic acids is 1. The summed E-state index contributed by atoms with van der Waals surface area (Å²) >= 11 is 0. The SMILES string of the molecule is Cc1nccn1Cc1nnc([C@@H]2CCCN(C(=O)CN3CCCC3)C2)n1C. The smallest absolute Gasteiger partial charge is 0.236 e. The molecular formula is C19H29N7O. The molecule has 8 nitrogen and oxygen atoms in total. The highest BCUT2D eigenvalue weighted by molar-refractivity contribution is 5.78. The van der Waals surface area contributed by atoms with E-state index in [-0.39, 0.29) is 11.8 Å². The van der Waals surface area contributed by atoms with Crippen molar-refractivity contribution in [2.45, 2.75) is 45.1 Å². The van der Waals surface area contributed by atoms with Crippen LogP contribution in [-0.2, 0) is 18.4 Å². The summed E-state index contributed by atoms with van der Waals surface area (Å²) in [5.74, 6) is 3.40. The second-order valence-corrected chi connectivity index (χ2v) is 7.80. The molecule has 0 spiro atoms. The van der Waals surface area contributed by atoms with Crippen LogP contribution in [0, 0.1) is 6.92 Å². The number of hydrogen-bond acceptors (Lipinski definition) is 5. The van der Waals surface area contributed by atoms with Gasteiger partial charge in [-0.25, -0.2) is 4.98 Å². The van der Waals surface area contributed by atoms with E-state index in [4.69, 9.17) is 0 Å². The van der Waals surface area contributed by atoms with E-state index in [9.17, 15) is 4.79 Å². The van der Waals surface area contributed by atoms with Gasteiger partial charge in [-0.2, -0.15) is 0 Å². The molecular weight excluding hydrogens is 342 g/mol. The summed E-state index contributed by atoms with van der Waals surface area (Å²) in [4.78, 5) is 21.3. The van der Waals surface area contributed by atoms with Crippen molar-refractivity contribution in [2.75, 3.05) is 32.7 Å². The Hall–Kier alpha value is -2.22. The molecule has 0 bridgehead atoms. The molecule has 0 aliphatic carbocycles. The number of piperidine rings is 1. The molecule has 0 aromatic carbocycles. The van der Waals surface area contributed by atoms with Crippen molar-refractivity contribution in [3.63, 3.8) is 0 Å². The van der Waals surface area contributed by atoms with Crippen LogP contribution in [0.3, 0.4) is 0 Å². The van der Waals surface area contributed by atoms with Gasteiger partial charge in [-0.15, -0.1) is 10.2 Å².